The van der Waals surface area contributed by atoms with Gasteiger partial charge >= 0.3 is 0 Å². The second-order valence-electron chi connectivity index (χ2n) is 5.89. The van der Waals surface area contributed by atoms with E-state index in [1.807, 2.05) is 6.92 Å². The van der Waals surface area contributed by atoms with E-state index in [0.29, 0.717) is 19.1 Å². The zero-order valence-corrected chi connectivity index (χ0v) is 14.7. The van der Waals surface area contributed by atoms with Gasteiger partial charge in [-0.2, -0.15) is 0 Å². The lowest BCUT2D eigenvalue weighted by molar-refractivity contribution is -0.0370. The molecule has 126 valence electrons. The molecule has 0 saturated carbocycles. The molecule has 0 bridgehead atoms. The summed E-state index contributed by atoms with van der Waals surface area (Å²) < 4.78 is 30.2. The Morgan fingerprint density at radius 1 is 1.43 bits per heavy atom. The van der Waals surface area contributed by atoms with Crippen LogP contribution in [0.5, 0.6) is 0 Å². The molecule has 1 N–H and O–H groups in total. The molecule has 1 heterocycles. The standard InChI is InChI=1S/C14H31N3O3S/c1-5-17(21(4,18)19)8-6-7-15-11-14-12-16(13(2)3)9-10-20-14/h13-15H,5-12H2,1-4H3. The summed E-state index contributed by atoms with van der Waals surface area (Å²) in [7, 11) is -3.07. The Balaban J connectivity index is 2.16. The summed E-state index contributed by atoms with van der Waals surface area (Å²) in [5, 5.41) is 3.37. The molecule has 0 aromatic carbocycles. The van der Waals surface area contributed by atoms with Crippen LogP contribution in [0.25, 0.3) is 0 Å². The highest BCUT2D eigenvalue weighted by Crippen LogP contribution is 2.08. The topological polar surface area (TPSA) is 61.9 Å². The van der Waals surface area contributed by atoms with Crippen molar-refractivity contribution < 1.29 is 13.2 Å². The zero-order valence-electron chi connectivity index (χ0n) is 13.8. The third kappa shape index (κ3) is 7.06. The van der Waals surface area contributed by atoms with Gasteiger partial charge in [-0.05, 0) is 26.8 Å². The highest BCUT2D eigenvalue weighted by atomic mass is 32.2. The van der Waals surface area contributed by atoms with E-state index < -0.39 is 10.0 Å². The Morgan fingerprint density at radius 2 is 2.14 bits per heavy atom. The molecule has 1 atom stereocenters. The average molecular weight is 321 g/mol. The van der Waals surface area contributed by atoms with Gasteiger partial charge in [0, 0.05) is 38.8 Å². The van der Waals surface area contributed by atoms with E-state index in [1.54, 1.807) is 0 Å². The summed E-state index contributed by atoms with van der Waals surface area (Å²) in [6.07, 6.45) is 2.32. The Bertz CT molecular complexity index is 387. The lowest BCUT2D eigenvalue weighted by Gasteiger charge is -2.35. The van der Waals surface area contributed by atoms with Gasteiger partial charge in [-0.3, -0.25) is 4.90 Å². The number of sulfonamides is 1. The van der Waals surface area contributed by atoms with Crippen LogP contribution in [0.1, 0.15) is 27.2 Å². The maximum Gasteiger partial charge on any atom is 0.211 e. The van der Waals surface area contributed by atoms with E-state index in [4.69, 9.17) is 4.74 Å². The Hall–Kier alpha value is -0.210. The van der Waals surface area contributed by atoms with Crippen molar-refractivity contribution in [2.24, 2.45) is 0 Å². The minimum absolute atomic E-state index is 0.235. The van der Waals surface area contributed by atoms with Crippen molar-refractivity contribution in [1.29, 1.82) is 0 Å². The summed E-state index contributed by atoms with van der Waals surface area (Å²) in [5.41, 5.74) is 0. The van der Waals surface area contributed by atoms with E-state index in [-0.39, 0.29) is 6.10 Å². The van der Waals surface area contributed by atoms with Gasteiger partial charge in [0.15, 0.2) is 0 Å². The average Bonchev–Trinajstić information content (AvgIpc) is 2.41. The molecule has 1 aliphatic heterocycles. The number of hydrogen-bond acceptors (Lipinski definition) is 5. The number of nitrogens with one attached hydrogen (secondary N) is 1. The normalized spacial score (nSPS) is 21.3. The number of nitrogens with zero attached hydrogens (tertiary/aromatic N) is 2. The van der Waals surface area contributed by atoms with E-state index in [2.05, 4.69) is 24.1 Å². The number of rotatable bonds is 9. The summed E-state index contributed by atoms with van der Waals surface area (Å²) in [6.45, 7) is 11.8. The van der Waals surface area contributed by atoms with Gasteiger partial charge in [0.2, 0.25) is 10.0 Å². The molecule has 1 aliphatic rings. The third-order valence-corrected chi connectivity index (χ3v) is 5.23. The molecule has 6 nitrogen and oxygen atoms in total. The van der Waals surface area contributed by atoms with Crippen molar-refractivity contribution in [1.82, 2.24) is 14.5 Å². The molecule has 1 unspecified atom stereocenters. The molecule has 1 saturated heterocycles. The maximum absolute atomic E-state index is 11.5. The smallest absolute Gasteiger partial charge is 0.211 e. The Labute approximate surface area is 129 Å². The summed E-state index contributed by atoms with van der Waals surface area (Å²) in [5.74, 6) is 0. The van der Waals surface area contributed by atoms with Gasteiger partial charge in [0.05, 0.1) is 19.0 Å². The first-order valence-electron chi connectivity index (χ1n) is 7.86. The minimum Gasteiger partial charge on any atom is -0.374 e. The zero-order chi connectivity index (χ0) is 15.9. The second kappa shape index (κ2) is 9.05. The molecule has 0 aromatic rings. The van der Waals surface area contributed by atoms with Crippen LogP contribution in [0.15, 0.2) is 0 Å². The van der Waals surface area contributed by atoms with Crippen molar-refractivity contribution in [3.8, 4) is 0 Å². The number of morpholine rings is 1. The minimum atomic E-state index is -3.07. The first-order valence-corrected chi connectivity index (χ1v) is 9.71. The molecular formula is C14H31N3O3S. The molecule has 0 aliphatic carbocycles. The van der Waals surface area contributed by atoms with Gasteiger partial charge in [-0.25, -0.2) is 12.7 Å². The van der Waals surface area contributed by atoms with Crippen LogP contribution in [-0.2, 0) is 14.8 Å². The lowest BCUT2D eigenvalue weighted by Crippen LogP contribution is -2.49. The number of hydrogen-bond donors (Lipinski definition) is 1. The highest BCUT2D eigenvalue weighted by molar-refractivity contribution is 7.88. The lowest BCUT2D eigenvalue weighted by atomic mass is 10.2. The molecule has 0 radical (unpaired) electrons. The van der Waals surface area contributed by atoms with Gasteiger partial charge in [-0.15, -0.1) is 0 Å². The monoisotopic (exact) mass is 321 g/mol. The first kappa shape index (κ1) is 18.8. The highest BCUT2D eigenvalue weighted by Gasteiger charge is 2.21. The molecular weight excluding hydrogens is 290 g/mol. The van der Waals surface area contributed by atoms with Crippen molar-refractivity contribution in [3.63, 3.8) is 0 Å². The molecule has 0 amide bonds. The predicted molar refractivity (Wildman–Crippen MR) is 86.0 cm³/mol. The molecule has 1 rings (SSSR count). The first-order chi connectivity index (χ1) is 9.84. The number of ether oxygens (including phenoxy) is 1. The van der Waals surface area contributed by atoms with Crippen LogP contribution >= 0.6 is 0 Å². The van der Waals surface area contributed by atoms with Crippen LogP contribution in [-0.4, -0.2) is 81.9 Å². The van der Waals surface area contributed by atoms with Gasteiger partial charge in [-0.1, -0.05) is 6.92 Å². The SMILES string of the molecule is CCN(CCCNCC1CN(C(C)C)CCO1)S(C)(=O)=O. The quantitative estimate of drug-likeness (QED) is 0.621. The van der Waals surface area contributed by atoms with Crippen LogP contribution < -0.4 is 5.32 Å². The fraction of sp³-hybridized carbons (Fsp3) is 1.00. The molecule has 0 spiro atoms. The third-order valence-electron chi connectivity index (χ3n) is 3.86. The van der Waals surface area contributed by atoms with Crippen LogP contribution in [0, 0.1) is 0 Å². The second-order valence-corrected chi connectivity index (χ2v) is 7.88. The molecule has 7 heteroatoms. The van der Waals surface area contributed by atoms with Crippen LogP contribution in [0.2, 0.25) is 0 Å². The van der Waals surface area contributed by atoms with E-state index >= 15 is 0 Å². The van der Waals surface area contributed by atoms with Crippen LogP contribution in [0.3, 0.4) is 0 Å². The van der Waals surface area contributed by atoms with Crippen molar-refractivity contribution in [2.45, 2.75) is 39.3 Å². The molecule has 1 fully saturated rings. The Kier molecular flexibility index (Phi) is 8.12. The molecule has 21 heavy (non-hydrogen) atoms. The largest absolute Gasteiger partial charge is 0.374 e. The van der Waals surface area contributed by atoms with Gasteiger partial charge in [0.25, 0.3) is 0 Å². The van der Waals surface area contributed by atoms with Gasteiger partial charge in [0.1, 0.15) is 0 Å². The molecule has 0 aromatic heterocycles. The fourth-order valence-corrected chi connectivity index (χ4v) is 3.47. The van der Waals surface area contributed by atoms with Crippen molar-refractivity contribution in [3.05, 3.63) is 0 Å². The van der Waals surface area contributed by atoms with E-state index in [1.165, 1.54) is 10.6 Å². The van der Waals surface area contributed by atoms with E-state index in [9.17, 15) is 8.42 Å². The van der Waals surface area contributed by atoms with Crippen molar-refractivity contribution >= 4 is 10.0 Å². The van der Waals surface area contributed by atoms with Gasteiger partial charge < -0.3 is 10.1 Å². The summed E-state index contributed by atoms with van der Waals surface area (Å²) in [6, 6.07) is 0.560. The van der Waals surface area contributed by atoms with Crippen molar-refractivity contribution in [2.75, 3.05) is 52.1 Å². The fourth-order valence-electron chi connectivity index (χ4n) is 2.54. The van der Waals surface area contributed by atoms with E-state index in [0.717, 1.165) is 39.2 Å². The van der Waals surface area contributed by atoms with Crippen LogP contribution in [0.4, 0.5) is 0 Å². The maximum atomic E-state index is 11.5. The Morgan fingerprint density at radius 3 is 2.71 bits per heavy atom. The summed E-state index contributed by atoms with van der Waals surface area (Å²) >= 11 is 0. The predicted octanol–water partition coefficient (Wildman–Crippen LogP) is 0.357. The summed E-state index contributed by atoms with van der Waals surface area (Å²) in [4.78, 5) is 2.43.